The average Bonchev–Trinajstić information content (AvgIpc) is 3.00. The molecule has 25 heavy (non-hydrogen) atoms. The van der Waals surface area contributed by atoms with Gasteiger partial charge in [0.25, 0.3) is 5.91 Å². The summed E-state index contributed by atoms with van der Waals surface area (Å²) in [6.45, 7) is 4.84. The molecule has 0 saturated carbocycles. The lowest BCUT2D eigenvalue weighted by atomic mass is 9.92. The van der Waals surface area contributed by atoms with Crippen molar-refractivity contribution in [2.45, 2.75) is 18.4 Å². The quantitative estimate of drug-likeness (QED) is 0.512. The van der Waals surface area contributed by atoms with E-state index in [0.717, 1.165) is 5.56 Å². The molecule has 0 bridgehead atoms. The third-order valence-corrected chi connectivity index (χ3v) is 4.62. The highest BCUT2D eigenvalue weighted by Gasteiger charge is 2.45. The van der Waals surface area contributed by atoms with Crippen LogP contribution >= 0.6 is 0 Å². The van der Waals surface area contributed by atoms with Crippen LogP contribution in [0.15, 0.2) is 41.0 Å². The first-order valence-electron chi connectivity index (χ1n) is 8.18. The van der Waals surface area contributed by atoms with Crippen LogP contribution in [0.1, 0.15) is 18.4 Å². The van der Waals surface area contributed by atoms with Crippen LogP contribution in [0.25, 0.3) is 5.70 Å². The second-order valence-corrected chi connectivity index (χ2v) is 6.11. The molecule has 1 N–H and O–H groups in total. The number of likely N-dealkylation sites (N-methyl/N-ethyl adjacent to an activating group) is 1. The van der Waals surface area contributed by atoms with Crippen molar-refractivity contribution in [2.75, 3.05) is 26.7 Å². The van der Waals surface area contributed by atoms with E-state index >= 15 is 0 Å². The normalized spacial score (nSPS) is 19.7. The van der Waals surface area contributed by atoms with Crippen molar-refractivity contribution in [3.63, 3.8) is 0 Å². The van der Waals surface area contributed by atoms with Gasteiger partial charge >= 0.3 is 6.16 Å². The molecule has 2 fully saturated rings. The zero-order valence-corrected chi connectivity index (χ0v) is 14.2. The Morgan fingerprint density at radius 3 is 2.48 bits per heavy atom. The first kappa shape index (κ1) is 17.0. The number of ether oxygens (including phenoxy) is 2. The van der Waals surface area contributed by atoms with Crippen LogP contribution in [0.4, 0.5) is 4.79 Å². The molecule has 2 heterocycles. The van der Waals surface area contributed by atoms with E-state index in [1.807, 2.05) is 30.3 Å². The molecule has 1 spiro atoms. The second kappa shape index (κ2) is 6.96. The highest BCUT2D eigenvalue weighted by atomic mass is 16.8. The van der Waals surface area contributed by atoms with Crippen LogP contribution in [0.5, 0.6) is 0 Å². The number of benzene rings is 1. The van der Waals surface area contributed by atoms with Gasteiger partial charge in [-0.15, -0.1) is 0 Å². The van der Waals surface area contributed by atoms with E-state index in [0.29, 0.717) is 37.3 Å². The lowest BCUT2D eigenvalue weighted by Gasteiger charge is -2.36. The van der Waals surface area contributed by atoms with E-state index in [4.69, 9.17) is 9.47 Å². The minimum atomic E-state index is -0.627. The van der Waals surface area contributed by atoms with E-state index in [1.165, 1.54) is 0 Å². The van der Waals surface area contributed by atoms with Gasteiger partial charge in [0.15, 0.2) is 5.60 Å². The van der Waals surface area contributed by atoms with Gasteiger partial charge in [0.2, 0.25) is 0 Å². The smallest absolute Gasteiger partial charge is 0.430 e. The summed E-state index contributed by atoms with van der Waals surface area (Å²) >= 11 is 0. The molecule has 2 aliphatic rings. The predicted molar refractivity (Wildman–Crippen MR) is 92.9 cm³/mol. The largest absolute Gasteiger partial charge is 0.509 e. The fourth-order valence-electron chi connectivity index (χ4n) is 3.19. The molecule has 2 saturated heterocycles. The summed E-state index contributed by atoms with van der Waals surface area (Å²) in [6.07, 6.45) is 0.491. The van der Waals surface area contributed by atoms with Gasteiger partial charge in [-0.3, -0.25) is 9.79 Å². The number of piperidine rings is 1. The maximum absolute atomic E-state index is 12.9. The summed E-state index contributed by atoms with van der Waals surface area (Å²) < 4.78 is 10.2. The van der Waals surface area contributed by atoms with Crippen LogP contribution in [-0.4, -0.2) is 56.0 Å². The number of hydrogen-bond acceptors (Lipinski definition) is 6. The van der Waals surface area contributed by atoms with Crippen LogP contribution in [0.3, 0.4) is 0 Å². The molecule has 7 nitrogen and oxygen atoms in total. The highest BCUT2D eigenvalue weighted by molar-refractivity contribution is 6.00. The van der Waals surface area contributed by atoms with E-state index in [9.17, 15) is 9.59 Å². The molecule has 0 aromatic heterocycles. The Labute approximate surface area is 146 Å². The second-order valence-electron chi connectivity index (χ2n) is 6.11. The monoisotopic (exact) mass is 343 g/mol. The van der Waals surface area contributed by atoms with E-state index in [1.54, 1.807) is 11.9 Å². The molecule has 1 amide bonds. The number of amides is 1. The first-order valence-corrected chi connectivity index (χ1v) is 8.18. The summed E-state index contributed by atoms with van der Waals surface area (Å²) in [5.74, 6) is -0.145. The number of carbonyl (C=O) groups excluding carboxylic acids is 2. The number of hydrogen-bond donors (Lipinski definition) is 1. The minimum absolute atomic E-state index is 0.145. The number of rotatable bonds is 4. The summed E-state index contributed by atoms with van der Waals surface area (Å²) in [7, 11) is 1.69. The van der Waals surface area contributed by atoms with Crippen molar-refractivity contribution >= 4 is 24.5 Å². The predicted octanol–water partition coefficient (Wildman–Crippen LogP) is 1.80. The standard InChI is InChI=1S/C18H21N3O4/c1-19-14(13-6-4-3-5-7-13)15(20-2)16(22)21-10-8-18(9-11-21)12-24-17(23)25-18/h3-7,20H,1,8-12H2,2H3/b15-14-. The van der Waals surface area contributed by atoms with Gasteiger partial charge in [-0.25, -0.2) is 4.79 Å². The van der Waals surface area contributed by atoms with Gasteiger partial charge in [-0.2, -0.15) is 0 Å². The SMILES string of the molecule is C=N/C(=C(\NC)C(=O)N1CCC2(CC1)COC(=O)O2)c1ccccc1. The van der Waals surface area contributed by atoms with Gasteiger partial charge in [-0.05, 0) is 6.72 Å². The number of nitrogens with one attached hydrogen (secondary N) is 1. The van der Waals surface area contributed by atoms with Crippen LogP contribution < -0.4 is 5.32 Å². The van der Waals surface area contributed by atoms with Crippen molar-refractivity contribution in [1.29, 1.82) is 0 Å². The van der Waals surface area contributed by atoms with Crippen molar-refractivity contribution in [2.24, 2.45) is 4.99 Å². The van der Waals surface area contributed by atoms with Crippen molar-refractivity contribution < 1.29 is 19.1 Å². The van der Waals surface area contributed by atoms with Crippen LogP contribution in [0.2, 0.25) is 0 Å². The summed E-state index contributed by atoms with van der Waals surface area (Å²) in [5.41, 5.74) is 1.15. The summed E-state index contributed by atoms with van der Waals surface area (Å²) in [5, 5.41) is 2.96. The molecule has 7 heteroatoms. The number of nitrogens with zero attached hydrogens (tertiary/aromatic N) is 2. The lowest BCUT2D eigenvalue weighted by Crippen LogP contribution is -2.49. The maximum atomic E-state index is 12.9. The number of likely N-dealkylation sites (tertiary alicyclic amines) is 1. The number of carbonyl (C=O) groups is 2. The Morgan fingerprint density at radius 1 is 1.28 bits per heavy atom. The summed E-state index contributed by atoms with van der Waals surface area (Å²) in [4.78, 5) is 29.9. The molecule has 2 aliphatic heterocycles. The fourth-order valence-corrected chi connectivity index (χ4v) is 3.19. The van der Waals surface area contributed by atoms with Crippen molar-refractivity contribution in [3.05, 3.63) is 41.6 Å². The van der Waals surface area contributed by atoms with Gasteiger partial charge in [0.1, 0.15) is 12.3 Å². The van der Waals surface area contributed by atoms with Crippen LogP contribution in [-0.2, 0) is 14.3 Å². The highest BCUT2D eigenvalue weighted by Crippen LogP contribution is 2.32. The Bertz CT molecular complexity index is 706. The van der Waals surface area contributed by atoms with Gasteiger partial charge in [0, 0.05) is 38.5 Å². The van der Waals surface area contributed by atoms with Crippen molar-refractivity contribution in [1.82, 2.24) is 10.2 Å². The van der Waals surface area contributed by atoms with Gasteiger partial charge in [0.05, 0.1) is 5.70 Å². The molecule has 0 aliphatic carbocycles. The Kier molecular flexibility index (Phi) is 4.74. The molecule has 0 atom stereocenters. The zero-order chi connectivity index (χ0) is 17.9. The Morgan fingerprint density at radius 2 is 1.96 bits per heavy atom. The van der Waals surface area contributed by atoms with Gasteiger partial charge < -0.3 is 19.7 Å². The molecule has 1 aromatic carbocycles. The molecular formula is C18H21N3O4. The maximum Gasteiger partial charge on any atom is 0.509 e. The lowest BCUT2D eigenvalue weighted by molar-refractivity contribution is -0.130. The van der Waals surface area contributed by atoms with Crippen LogP contribution in [0, 0.1) is 0 Å². The molecule has 0 unspecified atom stereocenters. The zero-order valence-electron chi connectivity index (χ0n) is 14.2. The van der Waals surface area contributed by atoms with Crippen molar-refractivity contribution in [3.8, 4) is 0 Å². The molecular weight excluding hydrogens is 322 g/mol. The van der Waals surface area contributed by atoms with E-state index in [-0.39, 0.29) is 12.5 Å². The number of cyclic esters (lactones) is 1. The molecule has 132 valence electrons. The van der Waals surface area contributed by atoms with E-state index < -0.39 is 11.8 Å². The Hall–Kier alpha value is -2.83. The molecule has 1 aromatic rings. The fraction of sp³-hybridized carbons (Fsp3) is 0.389. The first-order chi connectivity index (χ1) is 12.1. The van der Waals surface area contributed by atoms with Gasteiger partial charge in [-0.1, -0.05) is 30.3 Å². The minimum Gasteiger partial charge on any atom is -0.430 e. The molecule has 0 radical (unpaired) electrons. The third-order valence-electron chi connectivity index (χ3n) is 4.62. The Balaban J connectivity index is 1.78. The third kappa shape index (κ3) is 3.35. The van der Waals surface area contributed by atoms with E-state index in [2.05, 4.69) is 17.0 Å². The topological polar surface area (TPSA) is 80.2 Å². The molecule has 3 rings (SSSR count). The number of aliphatic imine (C=N–C) groups is 1. The average molecular weight is 343 g/mol. The summed E-state index contributed by atoms with van der Waals surface area (Å²) in [6, 6.07) is 9.44.